The van der Waals surface area contributed by atoms with Crippen LogP contribution in [0.5, 0.6) is 0 Å². The van der Waals surface area contributed by atoms with Crippen LogP contribution in [0.15, 0.2) is 53.7 Å². The summed E-state index contributed by atoms with van der Waals surface area (Å²) in [7, 11) is 0. The molecule has 0 spiro atoms. The number of anilines is 2. The molecule has 8 nitrogen and oxygen atoms in total. The molecule has 1 saturated heterocycles. The quantitative estimate of drug-likeness (QED) is 0.446. The number of rotatable bonds is 9. The van der Waals surface area contributed by atoms with Gasteiger partial charge in [0.1, 0.15) is 0 Å². The monoisotopic (exact) mass is 492 g/mol. The number of thioether (sulfide) groups is 1. The molecule has 1 fully saturated rings. The van der Waals surface area contributed by atoms with Crippen LogP contribution in [0.25, 0.3) is 5.69 Å². The summed E-state index contributed by atoms with van der Waals surface area (Å²) < 4.78 is 2.04. The molecule has 1 N–H and O–H groups in total. The molecule has 2 heterocycles. The van der Waals surface area contributed by atoms with Crippen molar-refractivity contribution in [3.05, 3.63) is 59.7 Å². The minimum Gasteiger partial charge on any atom is -0.341 e. The van der Waals surface area contributed by atoms with E-state index in [1.807, 2.05) is 18.4 Å². The maximum Gasteiger partial charge on any atom is 0.253 e. The third-order valence-corrected chi connectivity index (χ3v) is 7.02. The standard InChI is InChI=1S/C26H32N6O2S/c1-4-30(5-2)24(34)20-10-12-21(13-11-20)27-23(33)18-35-26-29-28-25(31-16-6-7-17-31)32(26)22-14-8-19(3)9-15-22/h8-15H,4-7,16-18H2,1-3H3,(H,27,33). The van der Waals surface area contributed by atoms with Crippen molar-refractivity contribution in [1.29, 1.82) is 0 Å². The first-order valence-electron chi connectivity index (χ1n) is 12.1. The molecular formula is C26H32N6O2S. The van der Waals surface area contributed by atoms with E-state index in [1.165, 1.54) is 17.3 Å². The van der Waals surface area contributed by atoms with Gasteiger partial charge in [0.05, 0.1) is 11.4 Å². The lowest BCUT2D eigenvalue weighted by Gasteiger charge is -2.18. The predicted octanol–water partition coefficient (Wildman–Crippen LogP) is 4.39. The molecule has 0 saturated carbocycles. The Bertz CT molecular complexity index is 1150. The van der Waals surface area contributed by atoms with Crippen molar-refractivity contribution >= 4 is 35.2 Å². The van der Waals surface area contributed by atoms with E-state index in [1.54, 1.807) is 29.2 Å². The zero-order valence-electron chi connectivity index (χ0n) is 20.5. The lowest BCUT2D eigenvalue weighted by Crippen LogP contribution is -2.30. The van der Waals surface area contributed by atoms with Crippen LogP contribution in [0, 0.1) is 6.92 Å². The van der Waals surface area contributed by atoms with Crippen molar-refractivity contribution in [1.82, 2.24) is 19.7 Å². The van der Waals surface area contributed by atoms with Crippen LogP contribution < -0.4 is 10.2 Å². The Morgan fingerprint density at radius 1 is 0.971 bits per heavy atom. The van der Waals surface area contributed by atoms with Gasteiger partial charge in [-0.2, -0.15) is 0 Å². The molecule has 3 aromatic rings. The van der Waals surface area contributed by atoms with Gasteiger partial charge in [-0.05, 0) is 70.0 Å². The summed E-state index contributed by atoms with van der Waals surface area (Å²) in [6.07, 6.45) is 2.29. The number of nitrogens with zero attached hydrogens (tertiary/aromatic N) is 5. The van der Waals surface area contributed by atoms with Crippen LogP contribution in [0.4, 0.5) is 11.6 Å². The zero-order chi connectivity index (χ0) is 24.8. The number of amides is 2. The Morgan fingerprint density at radius 2 is 1.63 bits per heavy atom. The summed E-state index contributed by atoms with van der Waals surface area (Å²) in [5.74, 6) is 0.874. The molecule has 0 atom stereocenters. The fourth-order valence-electron chi connectivity index (χ4n) is 4.11. The van der Waals surface area contributed by atoms with Gasteiger partial charge < -0.3 is 15.1 Å². The molecule has 4 rings (SSSR count). The topological polar surface area (TPSA) is 83.4 Å². The minimum absolute atomic E-state index is 0.00678. The van der Waals surface area contributed by atoms with E-state index in [2.05, 4.69) is 51.6 Å². The average molecular weight is 493 g/mol. The zero-order valence-corrected chi connectivity index (χ0v) is 21.3. The Balaban J connectivity index is 1.43. The van der Waals surface area contributed by atoms with Crippen molar-refractivity contribution in [2.45, 2.75) is 38.8 Å². The third kappa shape index (κ3) is 5.85. The highest BCUT2D eigenvalue weighted by Crippen LogP contribution is 2.29. The Kier molecular flexibility index (Phi) is 8.07. The van der Waals surface area contributed by atoms with E-state index >= 15 is 0 Å². The lowest BCUT2D eigenvalue weighted by atomic mass is 10.2. The normalized spacial score (nSPS) is 13.2. The molecule has 0 bridgehead atoms. The fraction of sp³-hybridized carbons (Fsp3) is 0.385. The molecule has 0 radical (unpaired) electrons. The number of carbonyl (C=O) groups is 2. The van der Waals surface area contributed by atoms with Crippen LogP contribution in [0.2, 0.25) is 0 Å². The first-order valence-corrected chi connectivity index (χ1v) is 13.1. The number of aromatic nitrogens is 3. The van der Waals surface area contributed by atoms with Gasteiger partial charge in [0.15, 0.2) is 5.16 Å². The smallest absolute Gasteiger partial charge is 0.253 e. The SMILES string of the molecule is CCN(CC)C(=O)c1ccc(NC(=O)CSc2nnc(N3CCCC3)n2-c2ccc(C)cc2)cc1. The van der Waals surface area contributed by atoms with E-state index in [-0.39, 0.29) is 17.6 Å². The van der Waals surface area contributed by atoms with Crippen molar-refractivity contribution in [2.75, 3.05) is 42.1 Å². The number of hydrogen-bond acceptors (Lipinski definition) is 6. The number of aryl methyl sites for hydroxylation is 1. The maximum absolute atomic E-state index is 12.7. The van der Waals surface area contributed by atoms with E-state index in [0.717, 1.165) is 37.6 Å². The van der Waals surface area contributed by atoms with Gasteiger partial charge in [0.25, 0.3) is 5.91 Å². The number of benzene rings is 2. The first-order chi connectivity index (χ1) is 17.0. The summed E-state index contributed by atoms with van der Waals surface area (Å²) in [4.78, 5) is 29.2. The fourth-order valence-corrected chi connectivity index (χ4v) is 4.86. The Labute approximate surface area is 210 Å². The second-order valence-electron chi connectivity index (χ2n) is 8.54. The molecule has 184 valence electrons. The Hall–Kier alpha value is -3.33. The molecule has 0 unspecified atom stereocenters. The van der Waals surface area contributed by atoms with Gasteiger partial charge in [-0.1, -0.05) is 29.5 Å². The Morgan fingerprint density at radius 3 is 2.26 bits per heavy atom. The van der Waals surface area contributed by atoms with E-state index in [4.69, 9.17) is 0 Å². The van der Waals surface area contributed by atoms with E-state index in [9.17, 15) is 9.59 Å². The van der Waals surface area contributed by atoms with Crippen LogP contribution in [0.3, 0.4) is 0 Å². The molecule has 2 amide bonds. The van der Waals surface area contributed by atoms with Gasteiger partial charge in [-0.15, -0.1) is 10.2 Å². The number of hydrogen-bond donors (Lipinski definition) is 1. The second-order valence-corrected chi connectivity index (χ2v) is 9.48. The number of carbonyl (C=O) groups excluding carboxylic acids is 2. The predicted molar refractivity (Wildman–Crippen MR) is 141 cm³/mol. The van der Waals surface area contributed by atoms with Gasteiger partial charge in [0.2, 0.25) is 11.9 Å². The van der Waals surface area contributed by atoms with Crippen LogP contribution in [0.1, 0.15) is 42.6 Å². The molecule has 0 aliphatic carbocycles. The highest BCUT2D eigenvalue weighted by Gasteiger charge is 2.23. The van der Waals surface area contributed by atoms with Crippen LogP contribution >= 0.6 is 11.8 Å². The van der Waals surface area contributed by atoms with Crippen molar-refractivity contribution in [3.63, 3.8) is 0 Å². The highest BCUT2D eigenvalue weighted by molar-refractivity contribution is 7.99. The summed E-state index contributed by atoms with van der Waals surface area (Å²) in [5.41, 5.74) is 3.44. The second kappa shape index (κ2) is 11.4. The molecular weight excluding hydrogens is 460 g/mol. The lowest BCUT2D eigenvalue weighted by molar-refractivity contribution is -0.113. The number of nitrogens with one attached hydrogen (secondary N) is 1. The highest BCUT2D eigenvalue weighted by atomic mass is 32.2. The van der Waals surface area contributed by atoms with Crippen molar-refractivity contribution in [3.8, 4) is 5.69 Å². The summed E-state index contributed by atoms with van der Waals surface area (Å²) in [5, 5.41) is 12.5. The summed E-state index contributed by atoms with van der Waals surface area (Å²) in [6.45, 7) is 9.23. The molecule has 1 aliphatic rings. The van der Waals surface area contributed by atoms with Gasteiger partial charge in [0, 0.05) is 37.4 Å². The molecule has 1 aliphatic heterocycles. The van der Waals surface area contributed by atoms with Crippen molar-refractivity contribution in [2.24, 2.45) is 0 Å². The summed E-state index contributed by atoms with van der Waals surface area (Å²) in [6, 6.07) is 15.3. The molecule has 35 heavy (non-hydrogen) atoms. The third-order valence-electron chi connectivity index (χ3n) is 6.10. The largest absolute Gasteiger partial charge is 0.341 e. The molecule has 1 aromatic heterocycles. The van der Waals surface area contributed by atoms with Gasteiger partial charge >= 0.3 is 0 Å². The van der Waals surface area contributed by atoms with E-state index < -0.39 is 0 Å². The van der Waals surface area contributed by atoms with Crippen LogP contribution in [-0.2, 0) is 4.79 Å². The van der Waals surface area contributed by atoms with Gasteiger partial charge in [-0.3, -0.25) is 14.2 Å². The summed E-state index contributed by atoms with van der Waals surface area (Å²) >= 11 is 1.36. The minimum atomic E-state index is -0.140. The van der Waals surface area contributed by atoms with E-state index in [0.29, 0.717) is 29.5 Å². The molecule has 9 heteroatoms. The average Bonchev–Trinajstić information content (AvgIpc) is 3.54. The van der Waals surface area contributed by atoms with Crippen molar-refractivity contribution < 1.29 is 9.59 Å². The van der Waals surface area contributed by atoms with Crippen LogP contribution in [-0.4, -0.2) is 63.4 Å². The maximum atomic E-state index is 12.7. The molecule has 2 aromatic carbocycles. The first kappa shape index (κ1) is 24.8. The van der Waals surface area contributed by atoms with Gasteiger partial charge in [-0.25, -0.2) is 0 Å².